The highest BCUT2D eigenvalue weighted by atomic mass is 35.5. The fraction of sp³-hybridized carbons (Fsp3) is 0.143. The van der Waals surface area contributed by atoms with E-state index in [1.807, 2.05) is 36.4 Å². The molecule has 0 unspecified atom stereocenters. The standard InChI is InChI=1S/C21H19ClN2O3/c22-18-11-4-2-7-15(18)12-23-20(26)21(27)24-13-19(25)17-10-5-8-14-6-1-3-9-16(14)17/h1-11,19,25H,12-13H2,(H,23,26)(H,24,27)/t19-/m0/s1. The van der Waals surface area contributed by atoms with Crippen LogP contribution in [0.3, 0.4) is 0 Å². The summed E-state index contributed by atoms with van der Waals surface area (Å²) in [5.41, 5.74) is 1.42. The normalized spacial score (nSPS) is 11.8. The van der Waals surface area contributed by atoms with Gasteiger partial charge in [-0.15, -0.1) is 0 Å². The third-order valence-electron chi connectivity index (χ3n) is 4.24. The van der Waals surface area contributed by atoms with Gasteiger partial charge in [0.25, 0.3) is 0 Å². The Morgan fingerprint density at radius 3 is 2.37 bits per heavy atom. The van der Waals surface area contributed by atoms with E-state index in [4.69, 9.17) is 11.6 Å². The quantitative estimate of drug-likeness (QED) is 0.594. The first-order valence-corrected chi connectivity index (χ1v) is 8.89. The number of rotatable bonds is 5. The Morgan fingerprint density at radius 2 is 1.56 bits per heavy atom. The van der Waals surface area contributed by atoms with E-state index in [-0.39, 0.29) is 13.1 Å². The van der Waals surface area contributed by atoms with Gasteiger partial charge < -0.3 is 15.7 Å². The van der Waals surface area contributed by atoms with Crippen LogP contribution in [0, 0.1) is 0 Å². The van der Waals surface area contributed by atoms with Crippen molar-refractivity contribution in [1.29, 1.82) is 0 Å². The molecule has 27 heavy (non-hydrogen) atoms. The highest BCUT2D eigenvalue weighted by Gasteiger charge is 2.17. The van der Waals surface area contributed by atoms with Crippen LogP contribution in [0.25, 0.3) is 10.8 Å². The third-order valence-corrected chi connectivity index (χ3v) is 4.61. The molecular formula is C21H19ClN2O3. The van der Waals surface area contributed by atoms with Gasteiger partial charge in [0.2, 0.25) is 0 Å². The van der Waals surface area contributed by atoms with Crippen molar-refractivity contribution in [2.45, 2.75) is 12.6 Å². The van der Waals surface area contributed by atoms with Crippen molar-refractivity contribution < 1.29 is 14.7 Å². The highest BCUT2D eigenvalue weighted by molar-refractivity contribution is 6.35. The molecule has 0 saturated carbocycles. The summed E-state index contributed by atoms with van der Waals surface area (Å²) >= 11 is 6.02. The van der Waals surface area contributed by atoms with Crippen LogP contribution in [0.4, 0.5) is 0 Å². The maximum atomic E-state index is 12.0. The number of amides is 2. The minimum Gasteiger partial charge on any atom is -0.387 e. The predicted molar refractivity (Wildman–Crippen MR) is 105 cm³/mol. The second kappa shape index (κ2) is 8.66. The maximum absolute atomic E-state index is 12.0. The van der Waals surface area contributed by atoms with Crippen molar-refractivity contribution >= 4 is 34.2 Å². The number of halogens is 1. The molecule has 2 amide bonds. The van der Waals surface area contributed by atoms with Crippen molar-refractivity contribution in [3.8, 4) is 0 Å². The minimum atomic E-state index is -0.920. The molecule has 0 fully saturated rings. The lowest BCUT2D eigenvalue weighted by atomic mass is 10.0. The van der Waals surface area contributed by atoms with E-state index >= 15 is 0 Å². The Bertz CT molecular complexity index is 969. The second-order valence-corrected chi connectivity index (χ2v) is 6.48. The monoisotopic (exact) mass is 382 g/mol. The Hall–Kier alpha value is -2.89. The molecule has 0 aliphatic carbocycles. The van der Waals surface area contributed by atoms with Gasteiger partial charge in [-0.2, -0.15) is 0 Å². The number of aliphatic hydroxyl groups excluding tert-OH is 1. The van der Waals surface area contributed by atoms with Gasteiger partial charge in [0.1, 0.15) is 0 Å². The summed E-state index contributed by atoms with van der Waals surface area (Å²) in [7, 11) is 0. The summed E-state index contributed by atoms with van der Waals surface area (Å²) in [4.78, 5) is 23.9. The SMILES string of the molecule is O=C(NCc1ccccc1Cl)C(=O)NC[C@H](O)c1cccc2ccccc12. The van der Waals surface area contributed by atoms with Gasteiger partial charge in [0.05, 0.1) is 6.10 Å². The molecule has 3 aromatic rings. The first kappa shape index (κ1) is 18.9. The Balaban J connectivity index is 1.56. The zero-order chi connectivity index (χ0) is 19.2. The predicted octanol–water partition coefficient (Wildman–Crippen LogP) is 2.96. The molecule has 0 radical (unpaired) electrons. The number of benzene rings is 3. The summed E-state index contributed by atoms with van der Waals surface area (Å²) in [6, 6.07) is 20.3. The molecule has 0 aliphatic rings. The van der Waals surface area contributed by atoms with E-state index < -0.39 is 17.9 Å². The van der Waals surface area contributed by atoms with Gasteiger partial charge in [-0.05, 0) is 28.0 Å². The molecule has 0 aliphatic heterocycles. The highest BCUT2D eigenvalue weighted by Crippen LogP contribution is 2.23. The molecule has 0 bridgehead atoms. The number of nitrogens with one attached hydrogen (secondary N) is 2. The Labute approximate surface area is 162 Å². The van der Waals surface area contributed by atoms with E-state index in [9.17, 15) is 14.7 Å². The van der Waals surface area contributed by atoms with E-state index in [0.717, 1.165) is 16.3 Å². The maximum Gasteiger partial charge on any atom is 0.309 e. The van der Waals surface area contributed by atoms with Gasteiger partial charge >= 0.3 is 11.8 Å². The number of aliphatic hydroxyl groups is 1. The molecule has 3 aromatic carbocycles. The van der Waals surface area contributed by atoms with Crippen molar-refractivity contribution in [1.82, 2.24) is 10.6 Å². The largest absolute Gasteiger partial charge is 0.387 e. The topological polar surface area (TPSA) is 78.4 Å². The van der Waals surface area contributed by atoms with Crippen molar-refractivity contribution in [2.24, 2.45) is 0 Å². The summed E-state index contributed by atoms with van der Waals surface area (Å²) in [5, 5.41) is 17.8. The molecule has 0 aromatic heterocycles. The molecule has 0 heterocycles. The smallest absolute Gasteiger partial charge is 0.309 e. The van der Waals surface area contributed by atoms with E-state index in [1.165, 1.54) is 0 Å². The summed E-state index contributed by atoms with van der Waals surface area (Å²) in [6.45, 7) is 0.0875. The first-order valence-electron chi connectivity index (χ1n) is 8.51. The molecule has 3 N–H and O–H groups in total. The second-order valence-electron chi connectivity index (χ2n) is 6.07. The van der Waals surface area contributed by atoms with Crippen molar-refractivity contribution in [3.05, 3.63) is 82.9 Å². The zero-order valence-electron chi connectivity index (χ0n) is 14.5. The van der Waals surface area contributed by atoms with Crippen molar-refractivity contribution in [2.75, 3.05) is 6.54 Å². The van der Waals surface area contributed by atoms with Crippen LogP contribution in [0.15, 0.2) is 66.7 Å². The lowest BCUT2D eigenvalue weighted by molar-refractivity contribution is -0.139. The molecule has 6 heteroatoms. The molecule has 0 spiro atoms. The van der Waals surface area contributed by atoms with Crippen LogP contribution in [-0.4, -0.2) is 23.5 Å². The molecular weight excluding hydrogens is 364 g/mol. The summed E-state index contributed by atoms with van der Waals surface area (Å²) in [5.74, 6) is -1.58. The van der Waals surface area contributed by atoms with Gasteiger partial charge in [0.15, 0.2) is 0 Å². The summed E-state index contributed by atoms with van der Waals surface area (Å²) < 4.78 is 0. The van der Waals surface area contributed by atoms with Crippen LogP contribution in [0.2, 0.25) is 5.02 Å². The van der Waals surface area contributed by atoms with Gasteiger partial charge in [0, 0.05) is 18.1 Å². The number of carbonyl (C=O) groups excluding carboxylic acids is 2. The van der Waals surface area contributed by atoms with E-state index in [1.54, 1.807) is 30.3 Å². The lowest BCUT2D eigenvalue weighted by Gasteiger charge is -2.14. The molecule has 1 atom stereocenters. The first-order chi connectivity index (χ1) is 13.1. The fourth-order valence-electron chi connectivity index (χ4n) is 2.82. The van der Waals surface area contributed by atoms with Crippen LogP contribution >= 0.6 is 11.6 Å². The number of fused-ring (bicyclic) bond motifs is 1. The van der Waals surface area contributed by atoms with Crippen LogP contribution in [-0.2, 0) is 16.1 Å². The van der Waals surface area contributed by atoms with Crippen LogP contribution in [0.5, 0.6) is 0 Å². The summed E-state index contributed by atoms with van der Waals surface area (Å²) in [6.07, 6.45) is -0.920. The fourth-order valence-corrected chi connectivity index (χ4v) is 3.02. The Morgan fingerprint density at radius 1 is 0.889 bits per heavy atom. The zero-order valence-corrected chi connectivity index (χ0v) is 15.2. The molecule has 0 saturated heterocycles. The number of hydrogen-bond donors (Lipinski definition) is 3. The van der Waals surface area contributed by atoms with Crippen LogP contribution in [0.1, 0.15) is 17.2 Å². The van der Waals surface area contributed by atoms with E-state index in [2.05, 4.69) is 10.6 Å². The Kier molecular flexibility index (Phi) is 6.06. The third kappa shape index (κ3) is 4.64. The minimum absolute atomic E-state index is 0.0631. The average molecular weight is 383 g/mol. The average Bonchev–Trinajstić information content (AvgIpc) is 2.70. The molecule has 138 valence electrons. The van der Waals surface area contributed by atoms with Gasteiger partial charge in [-0.1, -0.05) is 72.3 Å². The lowest BCUT2D eigenvalue weighted by Crippen LogP contribution is -2.41. The number of hydrogen-bond acceptors (Lipinski definition) is 3. The van der Waals surface area contributed by atoms with E-state index in [0.29, 0.717) is 10.6 Å². The van der Waals surface area contributed by atoms with Crippen LogP contribution < -0.4 is 10.6 Å². The molecule has 3 rings (SSSR count). The van der Waals surface area contributed by atoms with Gasteiger partial charge in [-0.3, -0.25) is 9.59 Å². The molecule has 5 nitrogen and oxygen atoms in total. The number of carbonyl (C=O) groups is 2. The van der Waals surface area contributed by atoms with Crippen molar-refractivity contribution in [3.63, 3.8) is 0 Å². The van der Waals surface area contributed by atoms with Gasteiger partial charge in [-0.25, -0.2) is 0 Å².